The van der Waals surface area contributed by atoms with Gasteiger partial charge in [0.2, 0.25) is 5.78 Å². The molecular weight excluding hydrogens is 316 g/mol. The molecule has 0 unspecified atom stereocenters. The fourth-order valence-electron chi connectivity index (χ4n) is 2.15. The molecule has 0 amide bonds. The largest absolute Gasteiger partial charge is 0.486 e. The molecule has 0 saturated carbocycles. The molecule has 0 fully saturated rings. The zero-order chi connectivity index (χ0) is 16.4. The Bertz CT molecular complexity index is 806. The van der Waals surface area contributed by atoms with Crippen LogP contribution in [0.15, 0.2) is 48.2 Å². The Kier molecular flexibility index (Phi) is 4.17. The topological polar surface area (TPSA) is 52.6 Å². The number of benzene rings is 2. The fraction of sp³-hybridized carbons (Fsp3) is 0.111. The standard InChI is InChI=1S/C18H13ClO4/c1-11(20)10-22-14-6-7-15-16(9-14)23-17(18(15)21)8-12-2-4-13(19)5-3-12/h2-9H,10H2,1H3/b17-8-. The van der Waals surface area contributed by atoms with E-state index in [1.807, 2.05) is 0 Å². The number of rotatable bonds is 4. The minimum atomic E-state index is -0.187. The van der Waals surface area contributed by atoms with Crippen molar-refractivity contribution in [3.8, 4) is 11.5 Å². The molecule has 0 aromatic heterocycles. The molecule has 0 bridgehead atoms. The van der Waals surface area contributed by atoms with Crippen molar-refractivity contribution in [3.05, 3.63) is 64.4 Å². The highest BCUT2D eigenvalue weighted by molar-refractivity contribution is 6.30. The number of ether oxygens (including phenoxy) is 2. The van der Waals surface area contributed by atoms with Crippen molar-refractivity contribution in [1.29, 1.82) is 0 Å². The number of hydrogen-bond donors (Lipinski definition) is 0. The van der Waals surface area contributed by atoms with Crippen LogP contribution in [0.25, 0.3) is 6.08 Å². The van der Waals surface area contributed by atoms with Crippen LogP contribution in [0, 0.1) is 0 Å². The maximum absolute atomic E-state index is 12.3. The summed E-state index contributed by atoms with van der Waals surface area (Å²) in [4.78, 5) is 23.3. The SMILES string of the molecule is CC(=O)COc1ccc2c(c1)O/C(=C\c1ccc(Cl)cc1)C2=O. The smallest absolute Gasteiger partial charge is 0.231 e. The first-order valence-corrected chi connectivity index (χ1v) is 7.37. The van der Waals surface area contributed by atoms with E-state index in [0.717, 1.165) is 5.56 Å². The number of hydrogen-bond acceptors (Lipinski definition) is 4. The van der Waals surface area contributed by atoms with Gasteiger partial charge in [-0.15, -0.1) is 0 Å². The molecule has 4 nitrogen and oxygen atoms in total. The third kappa shape index (κ3) is 3.43. The van der Waals surface area contributed by atoms with Gasteiger partial charge in [-0.1, -0.05) is 23.7 Å². The Morgan fingerprint density at radius 1 is 1.22 bits per heavy atom. The normalized spacial score (nSPS) is 14.5. The first kappa shape index (κ1) is 15.3. The van der Waals surface area contributed by atoms with Crippen LogP contribution in [0.5, 0.6) is 11.5 Å². The monoisotopic (exact) mass is 328 g/mol. The zero-order valence-electron chi connectivity index (χ0n) is 12.3. The zero-order valence-corrected chi connectivity index (χ0v) is 13.1. The lowest BCUT2D eigenvalue weighted by Crippen LogP contribution is -2.06. The predicted molar refractivity (Wildman–Crippen MR) is 87.0 cm³/mol. The number of fused-ring (bicyclic) bond motifs is 1. The summed E-state index contributed by atoms with van der Waals surface area (Å²) in [6.45, 7) is 1.43. The lowest BCUT2D eigenvalue weighted by molar-refractivity contribution is -0.118. The third-order valence-electron chi connectivity index (χ3n) is 3.25. The van der Waals surface area contributed by atoms with Gasteiger partial charge in [-0.25, -0.2) is 0 Å². The Morgan fingerprint density at radius 3 is 2.65 bits per heavy atom. The number of halogens is 1. The van der Waals surface area contributed by atoms with Crippen molar-refractivity contribution >= 4 is 29.2 Å². The second-order valence-corrected chi connectivity index (χ2v) is 5.58. The molecule has 1 heterocycles. The van der Waals surface area contributed by atoms with Crippen molar-refractivity contribution in [3.63, 3.8) is 0 Å². The molecule has 1 aliphatic rings. The Labute approximate surface area is 138 Å². The predicted octanol–water partition coefficient (Wildman–Crippen LogP) is 3.92. The lowest BCUT2D eigenvalue weighted by atomic mass is 10.1. The Balaban J connectivity index is 1.83. The summed E-state index contributed by atoms with van der Waals surface area (Å²) in [5, 5.41) is 0.626. The number of ketones is 2. The fourth-order valence-corrected chi connectivity index (χ4v) is 2.28. The molecule has 116 valence electrons. The minimum Gasteiger partial charge on any atom is -0.486 e. The summed E-state index contributed by atoms with van der Waals surface area (Å²) < 4.78 is 10.9. The van der Waals surface area contributed by atoms with E-state index in [0.29, 0.717) is 22.1 Å². The molecule has 0 aliphatic carbocycles. The van der Waals surface area contributed by atoms with Gasteiger partial charge in [-0.2, -0.15) is 0 Å². The van der Waals surface area contributed by atoms with Gasteiger partial charge in [0, 0.05) is 11.1 Å². The summed E-state index contributed by atoms with van der Waals surface area (Å²) in [7, 11) is 0. The van der Waals surface area contributed by atoms with Gasteiger partial charge in [0.15, 0.2) is 11.5 Å². The van der Waals surface area contributed by atoms with Crippen LogP contribution >= 0.6 is 11.6 Å². The van der Waals surface area contributed by atoms with E-state index in [4.69, 9.17) is 21.1 Å². The first-order valence-electron chi connectivity index (χ1n) is 6.99. The molecule has 3 rings (SSSR count). The number of carbonyl (C=O) groups excluding carboxylic acids is 2. The summed E-state index contributed by atoms with van der Waals surface area (Å²) in [5.74, 6) is 0.890. The second-order valence-electron chi connectivity index (χ2n) is 5.14. The van der Waals surface area contributed by atoms with Crippen molar-refractivity contribution in [1.82, 2.24) is 0 Å². The molecule has 0 saturated heterocycles. The average molecular weight is 329 g/mol. The highest BCUT2D eigenvalue weighted by Crippen LogP contribution is 2.34. The minimum absolute atomic E-state index is 0.0137. The van der Waals surface area contributed by atoms with Crippen LogP contribution in [-0.2, 0) is 4.79 Å². The molecule has 0 spiro atoms. The van der Waals surface area contributed by atoms with E-state index in [2.05, 4.69) is 0 Å². The number of allylic oxidation sites excluding steroid dienone is 1. The summed E-state index contributed by atoms with van der Waals surface area (Å²) >= 11 is 5.84. The molecule has 0 atom stereocenters. The van der Waals surface area contributed by atoms with Crippen molar-refractivity contribution in [2.75, 3.05) is 6.61 Å². The Morgan fingerprint density at radius 2 is 1.96 bits per heavy atom. The van der Waals surface area contributed by atoms with Gasteiger partial charge in [0.1, 0.15) is 18.1 Å². The maximum Gasteiger partial charge on any atom is 0.231 e. The second kappa shape index (κ2) is 6.26. The summed E-state index contributed by atoms with van der Waals surface area (Å²) in [5.41, 5.74) is 1.29. The molecule has 0 radical (unpaired) electrons. The Hall–Kier alpha value is -2.59. The third-order valence-corrected chi connectivity index (χ3v) is 3.50. The van der Waals surface area contributed by atoms with Gasteiger partial charge in [0.05, 0.1) is 5.56 Å². The highest BCUT2D eigenvalue weighted by Gasteiger charge is 2.27. The average Bonchev–Trinajstić information content (AvgIpc) is 2.83. The molecule has 0 N–H and O–H groups in total. The van der Waals surface area contributed by atoms with E-state index >= 15 is 0 Å². The van der Waals surface area contributed by atoms with Gasteiger partial charge in [-0.3, -0.25) is 9.59 Å². The molecule has 5 heteroatoms. The highest BCUT2D eigenvalue weighted by atomic mass is 35.5. The van der Waals surface area contributed by atoms with E-state index < -0.39 is 0 Å². The van der Waals surface area contributed by atoms with Crippen LogP contribution in [-0.4, -0.2) is 18.2 Å². The maximum atomic E-state index is 12.3. The van der Waals surface area contributed by atoms with Crippen LogP contribution in [0.2, 0.25) is 5.02 Å². The van der Waals surface area contributed by atoms with Crippen LogP contribution in [0.3, 0.4) is 0 Å². The van der Waals surface area contributed by atoms with Gasteiger partial charge in [0.25, 0.3) is 0 Å². The molecule has 2 aromatic rings. The molecule has 1 aliphatic heterocycles. The molecular formula is C18H13ClO4. The van der Waals surface area contributed by atoms with Gasteiger partial charge in [-0.05, 0) is 42.8 Å². The van der Waals surface area contributed by atoms with Crippen molar-refractivity contribution < 1.29 is 19.1 Å². The van der Waals surface area contributed by atoms with E-state index in [1.165, 1.54) is 6.92 Å². The first-order chi connectivity index (χ1) is 11.0. The number of Topliss-reactive ketones (excluding diaryl/α,β-unsaturated/α-hetero) is 2. The van der Waals surface area contributed by atoms with Crippen LogP contribution in [0.1, 0.15) is 22.8 Å². The van der Waals surface area contributed by atoms with Crippen molar-refractivity contribution in [2.45, 2.75) is 6.92 Å². The number of carbonyl (C=O) groups is 2. The quantitative estimate of drug-likeness (QED) is 0.798. The lowest BCUT2D eigenvalue weighted by Gasteiger charge is -2.04. The van der Waals surface area contributed by atoms with Gasteiger partial charge < -0.3 is 9.47 Å². The summed E-state index contributed by atoms with van der Waals surface area (Å²) in [6, 6.07) is 12.0. The van der Waals surface area contributed by atoms with E-state index in [-0.39, 0.29) is 23.9 Å². The van der Waals surface area contributed by atoms with E-state index in [1.54, 1.807) is 48.5 Å². The molecule has 2 aromatic carbocycles. The van der Waals surface area contributed by atoms with Crippen LogP contribution < -0.4 is 9.47 Å². The van der Waals surface area contributed by atoms with Gasteiger partial charge >= 0.3 is 0 Å². The van der Waals surface area contributed by atoms with E-state index in [9.17, 15) is 9.59 Å². The summed E-state index contributed by atoms with van der Waals surface area (Å²) in [6.07, 6.45) is 1.66. The van der Waals surface area contributed by atoms with Crippen molar-refractivity contribution in [2.24, 2.45) is 0 Å². The van der Waals surface area contributed by atoms with Crippen LogP contribution in [0.4, 0.5) is 0 Å². The molecule has 23 heavy (non-hydrogen) atoms.